The minimum absolute atomic E-state index is 0.0118. The van der Waals surface area contributed by atoms with Crippen molar-refractivity contribution in [1.82, 2.24) is 10.6 Å². The van der Waals surface area contributed by atoms with Crippen molar-refractivity contribution in [3.63, 3.8) is 0 Å². The summed E-state index contributed by atoms with van der Waals surface area (Å²) >= 11 is 0. The maximum absolute atomic E-state index is 11.9. The van der Waals surface area contributed by atoms with Gasteiger partial charge in [0.1, 0.15) is 0 Å². The van der Waals surface area contributed by atoms with Gasteiger partial charge in [0, 0.05) is 6.04 Å². The van der Waals surface area contributed by atoms with E-state index in [0.717, 1.165) is 64.7 Å². The van der Waals surface area contributed by atoms with Gasteiger partial charge >= 0.3 is 10.4 Å². The lowest BCUT2D eigenvalue weighted by atomic mass is 9.39. The summed E-state index contributed by atoms with van der Waals surface area (Å²) in [5.41, 5.74) is 6.22. The van der Waals surface area contributed by atoms with E-state index in [4.69, 9.17) is 9.92 Å². The van der Waals surface area contributed by atoms with Crippen molar-refractivity contribution in [2.75, 3.05) is 26.2 Å². The second-order valence-electron chi connectivity index (χ2n) is 16.6. The maximum Gasteiger partial charge on any atom is 0.397 e. The summed E-state index contributed by atoms with van der Waals surface area (Å²) in [6.45, 7) is 17.7. The Labute approximate surface area is 269 Å². The molecule has 0 spiro atoms. The Bertz CT molecular complexity index is 1030. The molecular weight excluding hydrogens is 574 g/mol. The van der Waals surface area contributed by atoms with Crippen LogP contribution < -0.4 is 16.4 Å². The molecule has 8 nitrogen and oxygen atoms in total. The molecule has 9 heteroatoms. The molecule has 0 bridgehead atoms. The highest BCUT2D eigenvalue weighted by atomic mass is 32.3. The van der Waals surface area contributed by atoms with Crippen molar-refractivity contribution in [2.24, 2.45) is 57.5 Å². The van der Waals surface area contributed by atoms with Crippen LogP contribution in [0.25, 0.3) is 0 Å². The van der Waals surface area contributed by atoms with Crippen LogP contribution in [0.4, 0.5) is 0 Å². The highest BCUT2D eigenvalue weighted by Crippen LogP contribution is 2.71. The van der Waals surface area contributed by atoms with Gasteiger partial charge in [0.25, 0.3) is 0 Å². The molecule has 0 radical (unpaired) electrons. The molecule has 0 saturated heterocycles. The molecule has 4 fully saturated rings. The number of nitrogens with one attached hydrogen (secondary N) is 2. The molecule has 0 aromatic heterocycles. The van der Waals surface area contributed by atoms with Crippen LogP contribution >= 0.6 is 0 Å². The number of nitrogens with two attached hydrogens (primary N) is 1. The van der Waals surface area contributed by atoms with Gasteiger partial charge in [0.05, 0.1) is 12.2 Å². The van der Waals surface area contributed by atoms with Gasteiger partial charge in [-0.05, 0) is 161 Å². The molecule has 0 aromatic carbocycles. The number of aliphatic hydroxyl groups excluding tert-OH is 1. The number of unbranched alkanes of at least 4 members (excludes halogenated alkanes) is 1. The first kappa shape index (κ1) is 36.5. The van der Waals surface area contributed by atoms with Crippen LogP contribution in [0.1, 0.15) is 125 Å². The fourth-order valence-electron chi connectivity index (χ4n) is 11.1. The first-order chi connectivity index (χ1) is 20.6. The molecule has 4 saturated carbocycles. The van der Waals surface area contributed by atoms with Gasteiger partial charge < -0.3 is 21.5 Å². The van der Waals surface area contributed by atoms with E-state index in [1.807, 2.05) is 13.8 Å². The quantitative estimate of drug-likeness (QED) is 0.103. The molecule has 0 heterocycles. The largest absolute Gasteiger partial charge is 0.397 e. The Morgan fingerprint density at radius 1 is 0.909 bits per heavy atom. The number of fused-ring (bicyclic) bond motifs is 5. The van der Waals surface area contributed by atoms with Crippen LogP contribution in [-0.4, -0.2) is 62.5 Å². The summed E-state index contributed by atoms with van der Waals surface area (Å²) in [6.07, 6.45) is 13.5. The fourth-order valence-corrected chi connectivity index (χ4v) is 11.8. The molecular formula is C35H67N3O5S. The Morgan fingerprint density at radius 2 is 1.64 bits per heavy atom. The van der Waals surface area contributed by atoms with Crippen molar-refractivity contribution < 1.29 is 22.3 Å². The Kier molecular flexibility index (Phi) is 12.3. The van der Waals surface area contributed by atoms with Gasteiger partial charge in [0.15, 0.2) is 0 Å². The van der Waals surface area contributed by atoms with Crippen LogP contribution in [0.5, 0.6) is 0 Å². The minimum atomic E-state index is -4.46. The first-order valence-corrected chi connectivity index (χ1v) is 19.5. The first-order valence-electron chi connectivity index (χ1n) is 18.1. The normalized spacial score (nSPS) is 40.3. The third kappa shape index (κ3) is 7.87. The van der Waals surface area contributed by atoms with Crippen LogP contribution in [0.2, 0.25) is 0 Å². The summed E-state index contributed by atoms with van der Waals surface area (Å²) in [4.78, 5) is 0. The molecule has 6 N–H and O–H groups in total. The minimum Gasteiger partial charge on any atom is -0.393 e. The molecule has 4 aliphatic rings. The Balaban J connectivity index is 1.35. The summed E-state index contributed by atoms with van der Waals surface area (Å²) in [5.74, 6) is 2.53. The van der Waals surface area contributed by atoms with Crippen molar-refractivity contribution >= 4 is 10.4 Å². The fraction of sp³-hybridized carbons (Fsp3) is 1.00. The molecule has 0 amide bonds. The molecule has 0 aliphatic heterocycles. The van der Waals surface area contributed by atoms with E-state index in [1.165, 1.54) is 38.5 Å². The standard InChI is InChI=1S/C35H67N3O5S/c1-24(2)31(43-44(40,41)42)13-10-25(3)27-11-12-28-32-29(15-16-34(27,28)5)35(6)17-14-26(22-33(35,4)23-30(32)39)38-21-9-20-37-19-8-7-18-36/h24-32,37-39H,7-23,36H2,1-6H3,(H,40,41,42)/t25-,26?,27?,28?,29?,30?,31?,32?,33+,34+,35+/m0/s1. The van der Waals surface area contributed by atoms with Gasteiger partial charge in [-0.1, -0.05) is 41.5 Å². The summed E-state index contributed by atoms with van der Waals surface area (Å²) in [7, 11) is -4.46. The van der Waals surface area contributed by atoms with E-state index in [2.05, 4.69) is 38.3 Å². The number of aliphatic hydroxyl groups is 1. The summed E-state index contributed by atoms with van der Waals surface area (Å²) < 4.78 is 37.2. The molecule has 11 atom stereocenters. The second kappa shape index (κ2) is 14.9. The van der Waals surface area contributed by atoms with Crippen LogP contribution in [0.15, 0.2) is 0 Å². The predicted molar refractivity (Wildman–Crippen MR) is 178 cm³/mol. The molecule has 7 unspecified atom stereocenters. The van der Waals surface area contributed by atoms with Gasteiger partial charge in [-0.25, -0.2) is 4.18 Å². The second-order valence-corrected chi connectivity index (χ2v) is 17.7. The SMILES string of the molecule is CC(C)C(CC[C@H](C)C1CCC2C3C(O)C[C@@]4(C)CC(NCCCNCCCCN)CC[C@]4(C)C3CC[C@@]21C)OS(=O)(=O)O. The van der Waals surface area contributed by atoms with Crippen molar-refractivity contribution in [3.8, 4) is 0 Å². The predicted octanol–water partition coefficient (Wildman–Crippen LogP) is 5.94. The van der Waals surface area contributed by atoms with Gasteiger partial charge in [-0.2, -0.15) is 8.42 Å². The lowest BCUT2D eigenvalue weighted by Crippen LogP contribution is -2.63. The zero-order chi connectivity index (χ0) is 32.3. The van der Waals surface area contributed by atoms with E-state index in [9.17, 15) is 18.1 Å². The van der Waals surface area contributed by atoms with Crippen LogP contribution in [0, 0.1) is 51.8 Å². The van der Waals surface area contributed by atoms with E-state index in [0.29, 0.717) is 42.1 Å². The third-order valence-electron chi connectivity index (χ3n) is 13.8. The number of hydrogen-bond donors (Lipinski definition) is 5. The van der Waals surface area contributed by atoms with E-state index >= 15 is 0 Å². The average Bonchev–Trinajstić information content (AvgIpc) is 3.29. The Hall–Kier alpha value is -0.290. The van der Waals surface area contributed by atoms with Gasteiger partial charge in [0.2, 0.25) is 0 Å². The van der Waals surface area contributed by atoms with E-state index < -0.39 is 16.5 Å². The summed E-state index contributed by atoms with van der Waals surface area (Å²) in [5, 5.41) is 19.4. The van der Waals surface area contributed by atoms with Gasteiger partial charge in [-0.15, -0.1) is 0 Å². The maximum atomic E-state index is 11.9. The van der Waals surface area contributed by atoms with E-state index in [-0.39, 0.29) is 28.3 Å². The average molecular weight is 642 g/mol. The monoisotopic (exact) mass is 641 g/mol. The topological polar surface area (TPSA) is 134 Å². The van der Waals surface area contributed by atoms with Crippen LogP contribution in [-0.2, 0) is 14.6 Å². The lowest BCUT2D eigenvalue weighted by molar-refractivity contribution is -0.202. The summed E-state index contributed by atoms with van der Waals surface area (Å²) in [6, 6.07) is 0.541. The zero-order valence-corrected chi connectivity index (χ0v) is 29.6. The molecule has 4 rings (SSSR count). The zero-order valence-electron chi connectivity index (χ0n) is 28.8. The number of rotatable bonds is 16. The molecule has 258 valence electrons. The lowest BCUT2D eigenvalue weighted by Gasteiger charge is -2.66. The Morgan fingerprint density at radius 3 is 2.32 bits per heavy atom. The van der Waals surface area contributed by atoms with Crippen molar-refractivity contribution in [1.29, 1.82) is 0 Å². The van der Waals surface area contributed by atoms with Crippen molar-refractivity contribution in [2.45, 2.75) is 143 Å². The third-order valence-corrected chi connectivity index (χ3v) is 14.3. The molecule has 4 aliphatic carbocycles. The highest BCUT2D eigenvalue weighted by Gasteiger charge is 2.65. The van der Waals surface area contributed by atoms with Gasteiger partial charge in [-0.3, -0.25) is 4.55 Å². The number of hydrogen-bond acceptors (Lipinski definition) is 7. The van der Waals surface area contributed by atoms with Crippen molar-refractivity contribution in [3.05, 3.63) is 0 Å². The highest BCUT2D eigenvalue weighted by molar-refractivity contribution is 7.80. The molecule has 44 heavy (non-hydrogen) atoms. The molecule has 0 aromatic rings. The van der Waals surface area contributed by atoms with E-state index in [1.54, 1.807) is 0 Å². The van der Waals surface area contributed by atoms with Crippen LogP contribution in [0.3, 0.4) is 0 Å². The smallest absolute Gasteiger partial charge is 0.393 e.